The summed E-state index contributed by atoms with van der Waals surface area (Å²) in [5.74, 6) is -2.02. The normalized spacial score (nSPS) is 12.7. The minimum Gasteiger partial charge on any atom is -0.388 e. The molecule has 0 aliphatic carbocycles. The summed E-state index contributed by atoms with van der Waals surface area (Å²) in [4.78, 5) is 0. The molecular formula is C13H13ClF2N2O. The Labute approximate surface area is 114 Å². The Hall–Kier alpha value is -1.46. The minimum atomic E-state index is -1.18. The molecule has 0 radical (unpaired) electrons. The lowest BCUT2D eigenvalue weighted by atomic mass is 10.0. The molecule has 1 unspecified atom stereocenters. The van der Waals surface area contributed by atoms with E-state index in [-0.39, 0.29) is 12.0 Å². The average molecular weight is 287 g/mol. The maximum Gasteiger partial charge on any atom is 0.164 e. The van der Waals surface area contributed by atoms with E-state index in [1.54, 1.807) is 14.0 Å². The van der Waals surface area contributed by atoms with Crippen LogP contribution >= 0.6 is 11.6 Å². The van der Waals surface area contributed by atoms with Gasteiger partial charge in [0.25, 0.3) is 0 Å². The van der Waals surface area contributed by atoms with Gasteiger partial charge < -0.3 is 5.11 Å². The summed E-state index contributed by atoms with van der Waals surface area (Å²) in [6.07, 6.45) is -1.11. The van der Waals surface area contributed by atoms with Crippen LogP contribution in [0.1, 0.15) is 23.1 Å². The van der Waals surface area contributed by atoms with Gasteiger partial charge in [-0.1, -0.05) is 23.7 Å². The van der Waals surface area contributed by atoms with Gasteiger partial charge in [-0.2, -0.15) is 5.10 Å². The van der Waals surface area contributed by atoms with Crippen LogP contribution in [0.25, 0.3) is 0 Å². The first-order valence-corrected chi connectivity index (χ1v) is 6.09. The highest BCUT2D eigenvalue weighted by atomic mass is 35.5. The van der Waals surface area contributed by atoms with Gasteiger partial charge in [-0.3, -0.25) is 4.68 Å². The van der Waals surface area contributed by atoms with Crippen molar-refractivity contribution in [3.8, 4) is 0 Å². The quantitative estimate of drug-likeness (QED) is 0.942. The summed E-state index contributed by atoms with van der Waals surface area (Å²) in [6.45, 7) is 1.74. The van der Waals surface area contributed by atoms with E-state index in [0.29, 0.717) is 16.4 Å². The zero-order chi connectivity index (χ0) is 14.2. The summed E-state index contributed by atoms with van der Waals surface area (Å²) in [5, 5.41) is 14.6. The number of benzene rings is 1. The number of aryl methyl sites for hydroxylation is 2. The zero-order valence-corrected chi connectivity index (χ0v) is 11.2. The first kappa shape index (κ1) is 14.0. The van der Waals surface area contributed by atoms with E-state index in [0.717, 1.165) is 6.07 Å². The molecule has 1 atom stereocenters. The lowest BCUT2D eigenvalue weighted by Crippen LogP contribution is -2.09. The summed E-state index contributed by atoms with van der Waals surface area (Å²) in [7, 11) is 1.68. The van der Waals surface area contributed by atoms with Crippen molar-refractivity contribution >= 4 is 11.6 Å². The smallest absolute Gasteiger partial charge is 0.164 e. The largest absolute Gasteiger partial charge is 0.388 e. The van der Waals surface area contributed by atoms with Crippen LogP contribution in [0.15, 0.2) is 18.2 Å². The molecule has 0 saturated carbocycles. The van der Waals surface area contributed by atoms with Gasteiger partial charge in [0, 0.05) is 19.0 Å². The molecule has 1 aromatic heterocycles. The third kappa shape index (κ3) is 2.62. The fraction of sp³-hybridized carbons (Fsp3) is 0.308. The molecular weight excluding hydrogens is 274 g/mol. The summed E-state index contributed by atoms with van der Waals surface area (Å²) >= 11 is 6.05. The number of rotatable bonds is 3. The first-order chi connectivity index (χ1) is 8.91. The Bertz CT molecular complexity index is 613. The van der Waals surface area contributed by atoms with Gasteiger partial charge in [0.2, 0.25) is 0 Å². The van der Waals surface area contributed by atoms with E-state index in [4.69, 9.17) is 11.6 Å². The summed E-state index contributed by atoms with van der Waals surface area (Å²) in [6, 6.07) is 3.71. The molecule has 6 heteroatoms. The van der Waals surface area contributed by atoms with Crippen molar-refractivity contribution < 1.29 is 13.9 Å². The monoisotopic (exact) mass is 286 g/mol. The highest BCUT2D eigenvalue weighted by molar-refractivity contribution is 6.31. The lowest BCUT2D eigenvalue weighted by Gasteiger charge is -2.12. The topological polar surface area (TPSA) is 38.0 Å². The van der Waals surface area contributed by atoms with E-state index >= 15 is 0 Å². The van der Waals surface area contributed by atoms with Crippen LogP contribution in [0.5, 0.6) is 0 Å². The Morgan fingerprint density at radius 3 is 2.68 bits per heavy atom. The first-order valence-electron chi connectivity index (χ1n) is 5.71. The molecule has 0 amide bonds. The van der Waals surface area contributed by atoms with Gasteiger partial charge in [0.1, 0.15) is 0 Å². The SMILES string of the molecule is Cc1nn(C)c(CC(O)c2cccc(F)c2F)c1Cl. The molecule has 102 valence electrons. The fourth-order valence-electron chi connectivity index (χ4n) is 1.97. The van der Waals surface area contributed by atoms with Gasteiger partial charge in [-0.15, -0.1) is 0 Å². The number of hydrogen-bond donors (Lipinski definition) is 1. The van der Waals surface area contributed by atoms with Crippen molar-refractivity contribution in [3.63, 3.8) is 0 Å². The molecule has 0 fully saturated rings. The fourth-order valence-corrected chi connectivity index (χ4v) is 2.21. The maximum absolute atomic E-state index is 13.6. The van der Waals surface area contributed by atoms with Crippen molar-refractivity contribution in [2.45, 2.75) is 19.4 Å². The second kappa shape index (κ2) is 5.27. The average Bonchev–Trinajstić information content (AvgIpc) is 2.59. The predicted molar refractivity (Wildman–Crippen MR) is 68.0 cm³/mol. The van der Waals surface area contributed by atoms with E-state index in [9.17, 15) is 13.9 Å². The Kier molecular flexibility index (Phi) is 3.87. The number of nitrogens with zero attached hydrogens (tertiary/aromatic N) is 2. The maximum atomic E-state index is 13.6. The molecule has 3 nitrogen and oxygen atoms in total. The third-order valence-electron chi connectivity index (χ3n) is 2.99. The van der Waals surface area contributed by atoms with E-state index in [2.05, 4.69) is 5.10 Å². The van der Waals surface area contributed by atoms with Crippen LogP contribution in [0, 0.1) is 18.6 Å². The van der Waals surface area contributed by atoms with E-state index in [1.807, 2.05) is 0 Å². The van der Waals surface area contributed by atoms with Crippen LogP contribution in [0.2, 0.25) is 5.02 Å². The Morgan fingerprint density at radius 2 is 2.11 bits per heavy atom. The van der Waals surface area contributed by atoms with Gasteiger partial charge in [-0.05, 0) is 13.0 Å². The molecule has 1 aromatic carbocycles. The lowest BCUT2D eigenvalue weighted by molar-refractivity contribution is 0.170. The summed E-state index contributed by atoms with van der Waals surface area (Å²) in [5.41, 5.74) is 1.12. The number of aliphatic hydroxyl groups is 1. The molecule has 0 aliphatic heterocycles. The Balaban J connectivity index is 2.31. The molecule has 2 rings (SSSR count). The molecule has 0 aliphatic rings. The third-order valence-corrected chi connectivity index (χ3v) is 3.48. The molecule has 0 spiro atoms. The van der Waals surface area contributed by atoms with Crippen LogP contribution < -0.4 is 0 Å². The molecule has 1 heterocycles. The van der Waals surface area contributed by atoms with Crippen molar-refractivity contribution in [2.75, 3.05) is 0 Å². The van der Waals surface area contributed by atoms with Crippen LogP contribution in [-0.4, -0.2) is 14.9 Å². The highest BCUT2D eigenvalue weighted by Crippen LogP contribution is 2.27. The van der Waals surface area contributed by atoms with E-state index < -0.39 is 17.7 Å². The van der Waals surface area contributed by atoms with Gasteiger partial charge in [0.15, 0.2) is 11.6 Å². The summed E-state index contributed by atoms with van der Waals surface area (Å²) < 4.78 is 28.2. The highest BCUT2D eigenvalue weighted by Gasteiger charge is 2.20. The zero-order valence-electron chi connectivity index (χ0n) is 10.5. The molecule has 19 heavy (non-hydrogen) atoms. The van der Waals surface area contributed by atoms with Crippen LogP contribution in [-0.2, 0) is 13.5 Å². The Morgan fingerprint density at radius 1 is 1.42 bits per heavy atom. The van der Waals surface area contributed by atoms with Crippen LogP contribution in [0.3, 0.4) is 0 Å². The van der Waals surface area contributed by atoms with Gasteiger partial charge in [-0.25, -0.2) is 8.78 Å². The molecule has 2 aromatic rings. The number of aliphatic hydroxyl groups excluding tert-OH is 1. The second-order valence-corrected chi connectivity index (χ2v) is 4.71. The molecule has 1 N–H and O–H groups in total. The van der Waals surface area contributed by atoms with Crippen LogP contribution in [0.4, 0.5) is 8.78 Å². The second-order valence-electron chi connectivity index (χ2n) is 4.33. The van der Waals surface area contributed by atoms with Gasteiger partial charge in [0.05, 0.1) is 22.5 Å². The van der Waals surface area contributed by atoms with Crippen molar-refractivity contribution in [3.05, 3.63) is 51.8 Å². The number of hydrogen-bond acceptors (Lipinski definition) is 2. The molecule has 0 saturated heterocycles. The van der Waals surface area contributed by atoms with Gasteiger partial charge >= 0.3 is 0 Å². The predicted octanol–water partition coefficient (Wildman–Crippen LogP) is 2.94. The molecule has 0 bridgehead atoms. The van der Waals surface area contributed by atoms with Crippen molar-refractivity contribution in [1.82, 2.24) is 9.78 Å². The van der Waals surface area contributed by atoms with Crippen molar-refractivity contribution in [1.29, 1.82) is 0 Å². The number of aromatic nitrogens is 2. The number of halogens is 3. The van der Waals surface area contributed by atoms with E-state index in [1.165, 1.54) is 16.8 Å². The van der Waals surface area contributed by atoms with Crippen molar-refractivity contribution in [2.24, 2.45) is 7.05 Å². The minimum absolute atomic E-state index is 0.0660. The standard InChI is InChI=1S/C13H13ClF2N2O/c1-7-12(14)10(18(2)17-7)6-11(19)8-4-3-5-9(15)13(8)16/h3-5,11,19H,6H2,1-2H3.